The highest BCUT2D eigenvalue weighted by Gasteiger charge is 2.36. The van der Waals surface area contributed by atoms with Crippen LogP contribution in [0.5, 0.6) is 0 Å². The minimum Gasteiger partial charge on any atom is -0.408 e. The van der Waals surface area contributed by atoms with Gasteiger partial charge >= 0.3 is 6.98 Å². The molecule has 1 atom stereocenters. The fourth-order valence-electron chi connectivity index (χ4n) is 4.37. The Morgan fingerprint density at radius 1 is 0.929 bits per heavy atom. The molecule has 0 unspecified atom stereocenters. The standard InChI is InChI=1S/C22H23BFN3O/c24-18-9-7-16(8-10-18)15-21(27-11-13-28-14-12-27)23-25-19-5-1-3-17-4-2-6-20(26-23)22(17)19/h1-10,21,25-26H,11-15H2/t21-/m0/s1. The van der Waals surface area contributed by atoms with Crippen molar-refractivity contribution < 1.29 is 9.13 Å². The number of anilines is 2. The SMILES string of the molecule is Fc1ccc(C[C@@H](B2Nc3cccc4cccc(c34)N2)N2CCOCC2)cc1. The Kier molecular flexibility index (Phi) is 4.67. The van der Waals surface area contributed by atoms with Crippen molar-refractivity contribution in [2.45, 2.75) is 12.4 Å². The van der Waals surface area contributed by atoms with Crippen LogP contribution in [-0.4, -0.2) is 44.1 Å². The second kappa shape index (κ2) is 7.45. The predicted octanol–water partition coefficient (Wildman–Crippen LogP) is 3.79. The Hall–Kier alpha value is -2.57. The molecule has 0 spiro atoms. The Labute approximate surface area is 164 Å². The van der Waals surface area contributed by atoms with Gasteiger partial charge in [0.1, 0.15) is 5.82 Å². The molecule has 6 heteroatoms. The second-order valence-corrected chi connectivity index (χ2v) is 7.52. The summed E-state index contributed by atoms with van der Waals surface area (Å²) in [6.45, 7) is 3.36. The Morgan fingerprint density at radius 2 is 1.57 bits per heavy atom. The molecule has 4 nitrogen and oxygen atoms in total. The zero-order valence-corrected chi connectivity index (χ0v) is 15.7. The number of rotatable bonds is 4. The maximum absolute atomic E-state index is 13.4. The summed E-state index contributed by atoms with van der Waals surface area (Å²) in [5, 5.41) is 9.92. The summed E-state index contributed by atoms with van der Waals surface area (Å²) in [5.41, 5.74) is 3.46. The predicted molar refractivity (Wildman–Crippen MR) is 113 cm³/mol. The molecule has 2 aliphatic heterocycles. The lowest BCUT2D eigenvalue weighted by Gasteiger charge is -2.40. The summed E-state index contributed by atoms with van der Waals surface area (Å²) in [7, 11) is 0. The van der Waals surface area contributed by atoms with E-state index in [2.05, 4.69) is 51.8 Å². The zero-order chi connectivity index (χ0) is 18.9. The number of benzene rings is 3. The van der Waals surface area contributed by atoms with Gasteiger partial charge in [-0.25, -0.2) is 4.39 Å². The maximum atomic E-state index is 13.4. The molecule has 0 aliphatic carbocycles. The fraction of sp³-hybridized carbons (Fsp3) is 0.273. The molecule has 0 saturated carbocycles. The van der Waals surface area contributed by atoms with Crippen LogP contribution in [0.1, 0.15) is 5.56 Å². The largest absolute Gasteiger partial charge is 0.408 e. The third-order valence-corrected chi connectivity index (χ3v) is 5.78. The summed E-state index contributed by atoms with van der Waals surface area (Å²) in [6.07, 6.45) is 0.836. The van der Waals surface area contributed by atoms with Crippen LogP contribution in [0.3, 0.4) is 0 Å². The van der Waals surface area contributed by atoms with Crippen molar-refractivity contribution in [2.75, 3.05) is 36.8 Å². The summed E-state index contributed by atoms with van der Waals surface area (Å²) in [5.74, 6) is 0.0270. The highest BCUT2D eigenvalue weighted by atomic mass is 19.1. The average molecular weight is 375 g/mol. The van der Waals surface area contributed by atoms with Crippen LogP contribution >= 0.6 is 0 Å². The third-order valence-electron chi connectivity index (χ3n) is 5.78. The highest BCUT2D eigenvalue weighted by Crippen LogP contribution is 2.35. The molecule has 2 heterocycles. The van der Waals surface area contributed by atoms with Gasteiger partial charge in [-0.05, 0) is 41.6 Å². The smallest absolute Gasteiger partial charge is 0.388 e. The average Bonchev–Trinajstić information content (AvgIpc) is 2.74. The second-order valence-electron chi connectivity index (χ2n) is 7.52. The number of nitrogens with one attached hydrogen (secondary N) is 2. The van der Waals surface area contributed by atoms with E-state index in [0.717, 1.165) is 49.7 Å². The van der Waals surface area contributed by atoms with Crippen molar-refractivity contribution in [2.24, 2.45) is 0 Å². The highest BCUT2D eigenvalue weighted by molar-refractivity contribution is 6.69. The third kappa shape index (κ3) is 3.34. The van der Waals surface area contributed by atoms with Crippen molar-refractivity contribution >= 4 is 29.1 Å². The van der Waals surface area contributed by atoms with E-state index < -0.39 is 0 Å². The summed E-state index contributed by atoms with van der Waals surface area (Å²) < 4.78 is 18.9. The molecule has 1 fully saturated rings. The fourth-order valence-corrected chi connectivity index (χ4v) is 4.37. The monoisotopic (exact) mass is 375 g/mol. The molecule has 3 aromatic carbocycles. The van der Waals surface area contributed by atoms with Crippen molar-refractivity contribution in [3.05, 3.63) is 72.0 Å². The van der Waals surface area contributed by atoms with Gasteiger partial charge in [0.25, 0.3) is 0 Å². The van der Waals surface area contributed by atoms with Gasteiger partial charge in [-0.2, -0.15) is 0 Å². The number of hydrogen-bond donors (Lipinski definition) is 2. The molecule has 5 rings (SSSR count). The number of morpholine rings is 1. The number of hydrogen-bond acceptors (Lipinski definition) is 4. The molecule has 2 aliphatic rings. The van der Waals surface area contributed by atoms with Gasteiger partial charge in [-0.3, -0.25) is 4.90 Å². The number of ether oxygens (including phenoxy) is 1. The van der Waals surface area contributed by atoms with Crippen LogP contribution in [0.4, 0.5) is 15.8 Å². The first kappa shape index (κ1) is 17.5. The van der Waals surface area contributed by atoms with Crippen LogP contribution in [0.2, 0.25) is 0 Å². The van der Waals surface area contributed by atoms with Crippen LogP contribution in [0.25, 0.3) is 10.8 Å². The van der Waals surface area contributed by atoms with Gasteiger partial charge in [-0.15, -0.1) is 0 Å². The molecule has 28 heavy (non-hydrogen) atoms. The first-order valence-electron chi connectivity index (χ1n) is 9.89. The minimum absolute atomic E-state index is 0.0589. The van der Waals surface area contributed by atoms with Crippen molar-refractivity contribution in [1.29, 1.82) is 0 Å². The van der Waals surface area contributed by atoms with Gasteiger partial charge in [-0.1, -0.05) is 36.4 Å². The number of nitrogens with zero attached hydrogens (tertiary/aromatic N) is 1. The molecule has 0 radical (unpaired) electrons. The van der Waals surface area contributed by atoms with Crippen LogP contribution in [-0.2, 0) is 11.2 Å². The lowest BCUT2D eigenvalue weighted by molar-refractivity contribution is 0.0302. The lowest BCUT2D eigenvalue weighted by atomic mass is 9.62. The zero-order valence-electron chi connectivity index (χ0n) is 15.7. The van der Waals surface area contributed by atoms with Crippen LogP contribution in [0, 0.1) is 5.82 Å². The van der Waals surface area contributed by atoms with Gasteiger partial charge in [0.05, 0.1) is 13.2 Å². The number of halogens is 1. The first-order chi connectivity index (χ1) is 13.8. The van der Waals surface area contributed by atoms with E-state index >= 15 is 0 Å². The van der Waals surface area contributed by atoms with Gasteiger partial charge in [0.2, 0.25) is 0 Å². The van der Waals surface area contributed by atoms with Crippen molar-refractivity contribution in [3.8, 4) is 0 Å². The van der Waals surface area contributed by atoms with E-state index in [1.54, 1.807) is 12.1 Å². The van der Waals surface area contributed by atoms with Gasteiger partial charge < -0.3 is 15.2 Å². The maximum Gasteiger partial charge on any atom is 0.388 e. The normalized spacial score (nSPS) is 17.8. The summed E-state index contributed by atoms with van der Waals surface area (Å²) in [6, 6.07) is 19.6. The van der Waals surface area contributed by atoms with E-state index in [4.69, 9.17) is 4.74 Å². The molecule has 0 bridgehead atoms. The Bertz CT molecular complexity index is 934. The molecule has 0 amide bonds. The van der Waals surface area contributed by atoms with Gasteiger partial charge in [0, 0.05) is 35.8 Å². The molecule has 142 valence electrons. The van der Waals surface area contributed by atoms with E-state index in [-0.39, 0.29) is 18.7 Å². The van der Waals surface area contributed by atoms with Crippen molar-refractivity contribution in [1.82, 2.24) is 4.90 Å². The quantitative estimate of drug-likeness (QED) is 0.681. The van der Waals surface area contributed by atoms with E-state index in [1.807, 2.05) is 12.1 Å². The van der Waals surface area contributed by atoms with Crippen LogP contribution in [0.15, 0.2) is 60.7 Å². The Morgan fingerprint density at radius 3 is 2.21 bits per heavy atom. The molecule has 0 aromatic heterocycles. The molecule has 3 aromatic rings. The first-order valence-corrected chi connectivity index (χ1v) is 9.89. The lowest BCUT2D eigenvalue weighted by Crippen LogP contribution is -2.59. The van der Waals surface area contributed by atoms with E-state index in [1.165, 1.54) is 10.8 Å². The van der Waals surface area contributed by atoms with E-state index in [0.29, 0.717) is 0 Å². The minimum atomic E-state index is -0.193. The summed E-state index contributed by atoms with van der Waals surface area (Å²) >= 11 is 0. The topological polar surface area (TPSA) is 36.5 Å². The summed E-state index contributed by atoms with van der Waals surface area (Å²) in [4.78, 5) is 2.48. The Balaban J connectivity index is 1.47. The van der Waals surface area contributed by atoms with Gasteiger partial charge in [0.15, 0.2) is 0 Å². The molecular weight excluding hydrogens is 352 g/mol. The van der Waals surface area contributed by atoms with Crippen LogP contribution < -0.4 is 10.5 Å². The molecule has 2 N–H and O–H groups in total. The molecular formula is C22H23BFN3O. The molecule has 1 saturated heterocycles. The van der Waals surface area contributed by atoms with Crippen molar-refractivity contribution in [3.63, 3.8) is 0 Å². The van der Waals surface area contributed by atoms with E-state index in [9.17, 15) is 4.39 Å².